The molecule has 1 saturated heterocycles. The van der Waals surface area contributed by atoms with Crippen LogP contribution in [0, 0.1) is 12.8 Å². The third-order valence-corrected chi connectivity index (χ3v) is 3.98. The van der Waals surface area contributed by atoms with E-state index in [9.17, 15) is 4.79 Å². The predicted octanol–water partition coefficient (Wildman–Crippen LogP) is 2.47. The fraction of sp³-hybridized carbons (Fsp3) is 0.667. The Balaban J connectivity index is 2.15. The van der Waals surface area contributed by atoms with E-state index < -0.39 is 0 Å². The van der Waals surface area contributed by atoms with Gasteiger partial charge in [0, 0.05) is 18.0 Å². The average molecular weight is 254 g/mol. The first-order valence-corrected chi connectivity index (χ1v) is 6.83. The maximum atomic E-state index is 11.7. The van der Waals surface area contributed by atoms with Gasteiger partial charge in [-0.05, 0) is 26.2 Å². The molecule has 1 aromatic rings. The van der Waals surface area contributed by atoms with Crippen LogP contribution in [0.3, 0.4) is 0 Å². The maximum Gasteiger partial charge on any atom is 0.358 e. The standard InChI is InChI=1S/C12H18N2O2S/c1-4-16-11(15)10-9(3)17-12(13-10)14-6-5-8(2)7-14/h8H,4-7H2,1-3H3. The van der Waals surface area contributed by atoms with Gasteiger partial charge in [-0.15, -0.1) is 11.3 Å². The molecular formula is C12H18N2O2S. The monoisotopic (exact) mass is 254 g/mol. The lowest BCUT2D eigenvalue weighted by Gasteiger charge is -2.13. The van der Waals surface area contributed by atoms with Gasteiger partial charge in [-0.1, -0.05) is 6.92 Å². The first-order valence-electron chi connectivity index (χ1n) is 6.01. The molecule has 1 atom stereocenters. The van der Waals surface area contributed by atoms with Gasteiger partial charge >= 0.3 is 5.97 Å². The van der Waals surface area contributed by atoms with E-state index in [0.717, 1.165) is 23.1 Å². The fourth-order valence-electron chi connectivity index (χ4n) is 2.02. The van der Waals surface area contributed by atoms with Crippen molar-refractivity contribution in [2.24, 2.45) is 5.92 Å². The highest BCUT2D eigenvalue weighted by atomic mass is 32.1. The first-order chi connectivity index (χ1) is 8.11. The largest absolute Gasteiger partial charge is 0.461 e. The number of hydrogen-bond acceptors (Lipinski definition) is 5. The zero-order valence-corrected chi connectivity index (χ0v) is 11.3. The highest BCUT2D eigenvalue weighted by Crippen LogP contribution is 2.30. The summed E-state index contributed by atoms with van der Waals surface area (Å²) in [5.41, 5.74) is 0.478. The van der Waals surface area contributed by atoms with E-state index in [2.05, 4.69) is 16.8 Å². The minimum absolute atomic E-state index is 0.306. The topological polar surface area (TPSA) is 42.4 Å². The summed E-state index contributed by atoms with van der Waals surface area (Å²) < 4.78 is 4.99. The SMILES string of the molecule is CCOC(=O)c1nc(N2CCC(C)C2)sc1C. The molecule has 0 aliphatic carbocycles. The lowest BCUT2D eigenvalue weighted by Crippen LogP contribution is -2.19. The number of rotatable bonds is 3. The first kappa shape index (κ1) is 12.4. The Bertz CT molecular complexity index is 417. The van der Waals surface area contributed by atoms with Crippen molar-refractivity contribution in [1.29, 1.82) is 0 Å². The van der Waals surface area contributed by atoms with E-state index in [1.54, 1.807) is 11.3 Å². The number of nitrogens with zero attached hydrogens (tertiary/aromatic N) is 2. The van der Waals surface area contributed by atoms with E-state index in [4.69, 9.17) is 4.74 Å². The summed E-state index contributed by atoms with van der Waals surface area (Å²) in [7, 11) is 0. The van der Waals surface area contributed by atoms with Gasteiger partial charge in [0.1, 0.15) is 0 Å². The van der Waals surface area contributed by atoms with Crippen LogP contribution in [0.1, 0.15) is 35.6 Å². The van der Waals surface area contributed by atoms with Gasteiger partial charge in [-0.2, -0.15) is 0 Å². The van der Waals surface area contributed by atoms with Crippen LogP contribution in [0.25, 0.3) is 0 Å². The molecule has 17 heavy (non-hydrogen) atoms. The van der Waals surface area contributed by atoms with E-state index in [1.807, 2.05) is 13.8 Å². The molecule has 1 fully saturated rings. The van der Waals surface area contributed by atoms with E-state index in [1.165, 1.54) is 6.42 Å². The zero-order chi connectivity index (χ0) is 12.4. The normalized spacial score (nSPS) is 19.7. The van der Waals surface area contributed by atoms with Crippen molar-refractivity contribution in [2.75, 3.05) is 24.6 Å². The van der Waals surface area contributed by atoms with Crippen LogP contribution in [-0.4, -0.2) is 30.6 Å². The molecule has 0 N–H and O–H groups in total. The molecule has 5 heteroatoms. The molecule has 2 rings (SSSR count). The van der Waals surface area contributed by atoms with E-state index in [0.29, 0.717) is 18.2 Å². The van der Waals surface area contributed by atoms with Gasteiger partial charge in [0.2, 0.25) is 0 Å². The molecule has 1 aliphatic heterocycles. The summed E-state index contributed by atoms with van der Waals surface area (Å²) in [6.07, 6.45) is 1.20. The van der Waals surface area contributed by atoms with Crippen molar-refractivity contribution in [2.45, 2.75) is 27.2 Å². The van der Waals surface area contributed by atoms with E-state index >= 15 is 0 Å². The Morgan fingerprint density at radius 2 is 2.41 bits per heavy atom. The highest BCUT2D eigenvalue weighted by molar-refractivity contribution is 7.15. The summed E-state index contributed by atoms with van der Waals surface area (Å²) >= 11 is 1.58. The van der Waals surface area contributed by atoms with Gasteiger partial charge in [-0.3, -0.25) is 0 Å². The smallest absolute Gasteiger partial charge is 0.358 e. The van der Waals surface area contributed by atoms with Crippen molar-refractivity contribution in [3.05, 3.63) is 10.6 Å². The van der Waals surface area contributed by atoms with Crippen LogP contribution in [0.4, 0.5) is 5.13 Å². The minimum Gasteiger partial charge on any atom is -0.461 e. The summed E-state index contributed by atoms with van der Waals surface area (Å²) in [4.78, 5) is 19.3. The van der Waals surface area contributed by atoms with Gasteiger partial charge in [0.25, 0.3) is 0 Å². The number of aromatic nitrogens is 1. The summed E-state index contributed by atoms with van der Waals surface area (Å²) in [5, 5.41) is 0.954. The molecule has 0 radical (unpaired) electrons. The van der Waals surface area contributed by atoms with Crippen molar-refractivity contribution in [3.8, 4) is 0 Å². The molecule has 1 aliphatic rings. The van der Waals surface area contributed by atoms with Crippen LogP contribution in [0.5, 0.6) is 0 Å². The molecule has 0 spiro atoms. The number of ether oxygens (including phenoxy) is 1. The molecule has 0 aromatic carbocycles. The van der Waals surface area contributed by atoms with Gasteiger partial charge in [0.05, 0.1) is 6.61 Å². The lowest BCUT2D eigenvalue weighted by molar-refractivity contribution is 0.0519. The summed E-state index contributed by atoms with van der Waals surface area (Å²) in [5.74, 6) is 0.407. The third-order valence-electron chi connectivity index (χ3n) is 2.95. The molecular weight excluding hydrogens is 236 g/mol. The number of thiazole rings is 1. The molecule has 4 nitrogen and oxygen atoms in total. The van der Waals surface area contributed by atoms with Crippen LogP contribution in [0.2, 0.25) is 0 Å². The highest BCUT2D eigenvalue weighted by Gasteiger charge is 2.24. The van der Waals surface area contributed by atoms with Gasteiger partial charge in [0.15, 0.2) is 10.8 Å². The number of carbonyl (C=O) groups is 1. The van der Waals surface area contributed by atoms with Crippen LogP contribution in [-0.2, 0) is 4.74 Å². The predicted molar refractivity (Wildman–Crippen MR) is 68.8 cm³/mol. The Labute approximate surface area is 106 Å². The molecule has 0 saturated carbocycles. The second-order valence-electron chi connectivity index (χ2n) is 4.46. The van der Waals surface area contributed by atoms with Crippen LogP contribution in [0.15, 0.2) is 0 Å². The average Bonchev–Trinajstić information content (AvgIpc) is 2.85. The molecule has 1 unspecified atom stereocenters. The van der Waals surface area contributed by atoms with Crippen LogP contribution >= 0.6 is 11.3 Å². The molecule has 0 bridgehead atoms. The van der Waals surface area contributed by atoms with Crippen molar-refractivity contribution >= 4 is 22.4 Å². The van der Waals surface area contributed by atoms with Crippen molar-refractivity contribution in [1.82, 2.24) is 4.98 Å². The van der Waals surface area contributed by atoms with Gasteiger partial charge in [-0.25, -0.2) is 9.78 Å². The number of hydrogen-bond donors (Lipinski definition) is 0. The Hall–Kier alpha value is -1.10. The number of carbonyl (C=O) groups excluding carboxylic acids is 1. The minimum atomic E-state index is -0.306. The number of esters is 1. The quantitative estimate of drug-likeness (QED) is 0.777. The second kappa shape index (κ2) is 5.04. The fourth-order valence-corrected chi connectivity index (χ4v) is 2.95. The summed E-state index contributed by atoms with van der Waals surface area (Å²) in [6.45, 7) is 8.44. The lowest BCUT2D eigenvalue weighted by atomic mass is 10.2. The van der Waals surface area contributed by atoms with Crippen LogP contribution < -0.4 is 4.90 Å². The zero-order valence-electron chi connectivity index (χ0n) is 10.5. The molecule has 1 aromatic heterocycles. The Kier molecular flexibility index (Phi) is 3.66. The van der Waals surface area contributed by atoms with Crippen molar-refractivity contribution < 1.29 is 9.53 Å². The molecule has 2 heterocycles. The third kappa shape index (κ3) is 2.60. The second-order valence-corrected chi connectivity index (χ2v) is 5.64. The molecule has 0 amide bonds. The number of aryl methyl sites for hydroxylation is 1. The van der Waals surface area contributed by atoms with Crippen molar-refractivity contribution in [3.63, 3.8) is 0 Å². The molecule has 94 valence electrons. The Morgan fingerprint density at radius 3 is 3.00 bits per heavy atom. The van der Waals surface area contributed by atoms with E-state index in [-0.39, 0.29) is 5.97 Å². The van der Waals surface area contributed by atoms with Gasteiger partial charge < -0.3 is 9.64 Å². The maximum absolute atomic E-state index is 11.7. The number of anilines is 1. The summed E-state index contributed by atoms with van der Waals surface area (Å²) in [6, 6.07) is 0. The Morgan fingerprint density at radius 1 is 1.65 bits per heavy atom.